The summed E-state index contributed by atoms with van der Waals surface area (Å²) in [5.41, 5.74) is 3.11. The molecule has 0 bridgehead atoms. The van der Waals surface area contributed by atoms with Gasteiger partial charge in [-0.3, -0.25) is 4.98 Å². The number of benzene rings is 1. The van der Waals surface area contributed by atoms with Crippen LogP contribution in [0.15, 0.2) is 36.5 Å². The lowest BCUT2D eigenvalue weighted by molar-refractivity contribution is -0.163. The number of aromatic nitrogens is 1. The number of ether oxygens (including phenoxy) is 2. The minimum absolute atomic E-state index is 0.0216. The molecule has 1 aromatic carbocycles. The van der Waals surface area contributed by atoms with Gasteiger partial charge in [-0.2, -0.15) is 0 Å². The third-order valence-electron chi connectivity index (χ3n) is 5.06. The van der Waals surface area contributed by atoms with Crippen LogP contribution in [-0.4, -0.2) is 36.2 Å². The highest BCUT2D eigenvalue weighted by atomic mass is 19.1. The van der Waals surface area contributed by atoms with Crippen LogP contribution in [0.4, 0.5) is 4.39 Å². The Hall–Kier alpha value is -1.82. The van der Waals surface area contributed by atoms with Crippen LogP contribution in [0.3, 0.4) is 0 Å². The van der Waals surface area contributed by atoms with E-state index in [1.165, 1.54) is 0 Å². The SMILES string of the molecule is Cc1cccc(Cc2ccc(C(CO)CCOC3CCCCO3)nc2)c1F. The van der Waals surface area contributed by atoms with Crippen molar-refractivity contribution < 1.29 is 19.0 Å². The molecule has 2 aromatic rings. The van der Waals surface area contributed by atoms with Crippen molar-refractivity contribution in [3.05, 3.63) is 64.7 Å². The van der Waals surface area contributed by atoms with Crippen LogP contribution in [0.5, 0.6) is 0 Å². The largest absolute Gasteiger partial charge is 0.396 e. The van der Waals surface area contributed by atoms with Gasteiger partial charge < -0.3 is 14.6 Å². The molecule has 3 rings (SSSR count). The molecule has 5 heteroatoms. The van der Waals surface area contributed by atoms with Gasteiger partial charge in [-0.15, -0.1) is 0 Å². The van der Waals surface area contributed by atoms with Crippen molar-refractivity contribution in [3.63, 3.8) is 0 Å². The lowest BCUT2D eigenvalue weighted by Crippen LogP contribution is -2.23. The average Bonchev–Trinajstić information content (AvgIpc) is 2.70. The molecule has 0 spiro atoms. The van der Waals surface area contributed by atoms with E-state index in [0.717, 1.165) is 37.1 Å². The first-order valence-electron chi connectivity index (χ1n) is 9.70. The standard InChI is InChI=1S/C22H28FNO3/c1-16-5-4-6-18(22(16)23)13-17-8-9-20(24-14-17)19(15-25)10-12-27-21-7-2-3-11-26-21/h4-6,8-9,14,19,21,25H,2-3,7,10-13,15H2,1H3. The second kappa shape index (κ2) is 9.93. The first-order valence-corrected chi connectivity index (χ1v) is 9.70. The van der Waals surface area contributed by atoms with E-state index >= 15 is 0 Å². The maximum atomic E-state index is 14.2. The number of nitrogens with zero attached hydrogens (tertiary/aromatic N) is 1. The van der Waals surface area contributed by atoms with E-state index in [9.17, 15) is 9.50 Å². The van der Waals surface area contributed by atoms with Gasteiger partial charge in [0.25, 0.3) is 0 Å². The van der Waals surface area contributed by atoms with E-state index in [0.29, 0.717) is 30.6 Å². The molecule has 0 radical (unpaired) electrons. The van der Waals surface area contributed by atoms with Crippen LogP contribution in [0, 0.1) is 12.7 Å². The quantitative estimate of drug-likeness (QED) is 0.756. The van der Waals surface area contributed by atoms with Crippen LogP contribution in [0.2, 0.25) is 0 Å². The summed E-state index contributed by atoms with van der Waals surface area (Å²) in [6, 6.07) is 9.32. The lowest BCUT2D eigenvalue weighted by atomic mass is 9.99. The molecular formula is C22H28FNO3. The van der Waals surface area contributed by atoms with Crippen LogP contribution in [-0.2, 0) is 15.9 Å². The number of aryl methyl sites for hydroxylation is 1. The maximum Gasteiger partial charge on any atom is 0.157 e. The predicted molar refractivity (Wildman–Crippen MR) is 102 cm³/mol. The summed E-state index contributed by atoms with van der Waals surface area (Å²) in [5, 5.41) is 9.71. The highest BCUT2D eigenvalue weighted by Crippen LogP contribution is 2.21. The maximum absolute atomic E-state index is 14.2. The second-order valence-corrected chi connectivity index (χ2v) is 7.15. The van der Waals surface area contributed by atoms with E-state index in [1.54, 1.807) is 25.3 Å². The normalized spacial score (nSPS) is 18.4. The third-order valence-corrected chi connectivity index (χ3v) is 5.06. The van der Waals surface area contributed by atoms with Crippen LogP contribution in [0.25, 0.3) is 0 Å². The first kappa shape index (κ1) is 19.9. The molecule has 0 amide bonds. The molecule has 1 aliphatic rings. The Kier molecular flexibility index (Phi) is 7.33. The van der Waals surface area contributed by atoms with Crippen molar-refractivity contribution >= 4 is 0 Å². The molecule has 4 nitrogen and oxygen atoms in total. The summed E-state index contributed by atoms with van der Waals surface area (Å²) in [5.74, 6) is -0.227. The zero-order valence-electron chi connectivity index (χ0n) is 15.9. The number of halogens is 1. The molecule has 2 atom stereocenters. The number of aliphatic hydroxyl groups excluding tert-OH is 1. The van der Waals surface area contributed by atoms with E-state index in [2.05, 4.69) is 4.98 Å². The van der Waals surface area contributed by atoms with E-state index in [-0.39, 0.29) is 24.6 Å². The van der Waals surface area contributed by atoms with Crippen LogP contribution in [0.1, 0.15) is 54.0 Å². The van der Waals surface area contributed by atoms with E-state index < -0.39 is 0 Å². The van der Waals surface area contributed by atoms with Gasteiger partial charge in [0.2, 0.25) is 0 Å². The zero-order valence-corrected chi connectivity index (χ0v) is 15.9. The van der Waals surface area contributed by atoms with Crippen molar-refractivity contribution in [3.8, 4) is 0 Å². The summed E-state index contributed by atoms with van der Waals surface area (Å²) < 4.78 is 25.5. The fourth-order valence-electron chi connectivity index (χ4n) is 3.36. The molecule has 146 valence electrons. The number of pyridine rings is 1. The predicted octanol–water partition coefficient (Wildman–Crippen LogP) is 4.13. The molecule has 1 aliphatic heterocycles. The Balaban J connectivity index is 1.55. The van der Waals surface area contributed by atoms with Gasteiger partial charge in [-0.1, -0.05) is 24.3 Å². The molecule has 1 saturated heterocycles. The molecule has 1 fully saturated rings. The Morgan fingerprint density at radius 3 is 2.89 bits per heavy atom. The van der Waals surface area contributed by atoms with Gasteiger partial charge in [0.15, 0.2) is 6.29 Å². The summed E-state index contributed by atoms with van der Waals surface area (Å²) in [7, 11) is 0. The summed E-state index contributed by atoms with van der Waals surface area (Å²) in [6.45, 7) is 3.09. The number of aliphatic hydroxyl groups is 1. The van der Waals surface area contributed by atoms with Gasteiger partial charge in [0.05, 0.1) is 13.2 Å². The Morgan fingerprint density at radius 2 is 2.19 bits per heavy atom. The Morgan fingerprint density at radius 1 is 1.30 bits per heavy atom. The monoisotopic (exact) mass is 373 g/mol. The molecule has 2 unspecified atom stereocenters. The molecule has 1 aromatic heterocycles. The fraction of sp³-hybridized carbons (Fsp3) is 0.500. The number of rotatable bonds is 8. The zero-order chi connectivity index (χ0) is 19.1. The minimum Gasteiger partial charge on any atom is -0.396 e. The second-order valence-electron chi connectivity index (χ2n) is 7.15. The van der Waals surface area contributed by atoms with E-state index in [4.69, 9.17) is 9.47 Å². The minimum atomic E-state index is -0.156. The summed E-state index contributed by atoms with van der Waals surface area (Å²) in [4.78, 5) is 4.49. The average molecular weight is 373 g/mol. The van der Waals surface area contributed by atoms with Crippen LogP contribution < -0.4 is 0 Å². The molecule has 0 aliphatic carbocycles. The van der Waals surface area contributed by atoms with Gasteiger partial charge >= 0.3 is 0 Å². The van der Waals surface area contributed by atoms with Crippen molar-refractivity contribution in [2.24, 2.45) is 0 Å². The van der Waals surface area contributed by atoms with Gasteiger partial charge in [-0.05, 0) is 55.4 Å². The Labute approximate surface area is 160 Å². The topological polar surface area (TPSA) is 51.6 Å². The van der Waals surface area contributed by atoms with Crippen molar-refractivity contribution in [2.45, 2.75) is 51.2 Å². The van der Waals surface area contributed by atoms with E-state index in [1.807, 2.05) is 18.2 Å². The van der Waals surface area contributed by atoms with Gasteiger partial charge in [-0.25, -0.2) is 4.39 Å². The highest BCUT2D eigenvalue weighted by Gasteiger charge is 2.17. The van der Waals surface area contributed by atoms with Crippen LogP contribution >= 0.6 is 0 Å². The molecular weight excluding hydrogens is 345 g/mol. The van der Waals surface area contributed by atoms with Gasteiger partial charge in [0.1, 0.15) is 5.82 Å². The summed E-state index contributed by atoms with van der Waals surface area (Å²) in [6.07, 6.45) is 6.03. The molecule has 27 heavy (non-hydrogen) atoms. The molecule has 0 saturated carbocycles. The fourth-order valence-corrected chi connectivity index (χ4v) is 3.36. The van der Waals surface area contributed by atoms with Crippen molar-refractivity contribution in [1.82, 2.24) is 4.98 Å². The number of hydrogen-bond acceptors (Lipinski definition) is 4. The molecule has 1 N–H and O–H groups in total. The number of hydrogen-bond donors (Lipinski definition) is 1. The highest BCUT2D eigenvalue weighted by molar-refractivity contribution is 5.30. The summed E-state index contributed by atoms with van der Waals surface area (Å²) >= 11 is 0. The third kappa shape index (κ3) is 5.58. The smallest absolute Gasteiger partial charge is 0.157 e. The van der Waals surface area contributed by atoms with Crippen molar-refractivity contribution in [1.29, 1.82) is 0 Å². The molecule has 2 heterocycles. The van der Waals surface area contributed by atoms with Crippen molar-refractivity contribution in [2.75, 3.05) is 19.8 Å². The Bertz CT molecular complexity index is 714. The lowest BCUT2D eigenvalue weighted by Gasteiger charge is -2.23. The van der Waals surface area contributed by atoms with Gasteiger partial charge in [0, 0.05) is 30.8 Å². The first-order chi connectivity index (χ1) is 13.2.